The fourth-order valence-corrected chi connectivity index (χ4v) is 2.70. The van der Waals surface area contributed by atoms with Crippen LogP contribution < -0.4 is 5.32 Å². The molecular formula is C14H20ClN3O. The topological polar surface area (TPSA) is 43.0 Å². The average Bonchev–Trinajstić information content (AvgIpc) is 2.79. The third-order valence-electron chi connectivity index (χ3n) is 3.46. The number of nitrogens with zero attached hydrogens (tertiary/aromatic N) is 2. The van der Waals surface area contributed by atoms with Crippen LogP contribution in [0.3, 0.4) is 0 Å². The number of halogens is 1. The van der Waals surface area contributed by atoms with Crippen molar-refractivity contribution in [1.82, 2.24) is 15.1 Å². The highest BCUT2D eigenvalue weighted by Gasteiger charge is 2.20. The van der Waals surface area contributed by atoms with Crippen molar-refractivity contribution in [3.05, 3.63) is 39.6 Å². The van der Waals surface area contributed by atoms with E-state index in [1.807, 2.05) is 39.5 Å². The predicted molar refractivity (Wildman–Crippen MR) is 76.6 cm³/mol. The first kappa shape index (κ1) is 14.2. The maximum Gasteiger partial charge on any atom is 0.105 e. The summed E-state index contributed by atoms with van der Waals surface area (Å²) in [7, 11) is 3.87. The summed E-state index contributed by atoms with van der Waals surface area (Å²) >= 11 is 6.31. The number of hydrogen-bond donors (Lipinski definition) is 1. The SMILES string of the molecule is CNC(Cc1c(Cl)c(C)nn1C)c1cc(C)oc1C. The first-order valence-corrected chi connectivity index (χ1v) is 6.74. The van der Waals surface area contributed by atoms with Gasteiger partial charge in [-0.05, 0) is 33.9 Å². The number of furan rings is 1. The molecule has 1 unspecified atom stereocenters. The molecule has 5 heteroatoms. The van der Waals surface area contributed by atoms with Gasteiger partial charge in [0.25, 0.3) is 0 Å². The summed E-state index contributed by atoms with van der Waals surface area (Å²) in [5.74, 6) is 1.88. The largest absolute Gasteiger partial charge is 0.466 e. The molecule has 0 bridgehead atoms. The highest BCUT2D eigenvalue weighted by atomic mass is 35.5. The van der Waals surface area contributed by atoms with E-state index in [1.54, 1.807) is 0 Å². The summed E-state index contributed by atoms with van der Waals surface area (Å²) in [5, 5.41) is 8.43. The van der Waals surface area contributed by atoms with Crippen LogP contribution in [0, 0.1) is 20.8 Å². The van der Waals surface area contributed by atoms with E-state index in [9.17, 15) is 0 Å². The minimum absolute atomic E-state index is 0.171. The van der Waals surface area contributed by atoms with Crippen LogP contribution in [0.15, 0.2) is 10.5 Å². The smallest absolute Gasteiger partial charge is 0.105 e. The maximum absolute atomic E-state index is 6.31. The molecule has 0 saturated carbocycles. The lowest BCUT2D eigenvalue weighted by Gasteiger charge is -2.16. The third-order valence-corrected chi connectivity index (χ3v) is 3.95. The molecule has 0 saturated heterocycles. The monoisotopic (exact) mass is 281 g/mol. The Morgan fingerprint density at radius 3 is 2.53 bits per heavy atom. The van der Waals surface area contributed by atoms with Gasteiger partial charge in [-0.2, -0.15) is 5.10 Å². The molecule has 0 fully saturated rings. The molecule has 1 atom stereocenters. The first-order chi connectivity index (χ1) is 8.93. The molecule has 2 rings (SSSR count). The molecule has 2 aromatic heterocycles. The van der Waals surface area contributed by atoms with E-state index in [2.05, 4.69) is 16.5 Å². The number of aromatic nitrogens is 2. The lowest BCUT2D eigenvalue weighted by atomic mass is 10.0. The van der Waals surface area contributed by atoms with Crippen LogP contribution in [0.25, 0.3) is 0 Å². The summed E-state index contributed by atoms with van der Waals surface area (Å²) in [6, 6.07) is 2.25. The van der Waals surface area contributed by atoms with Crippen molar-refractivity contribution in [3.63, 3.8) is 0 Å². The lowest BCUT2D eigenvalue weighted by Crippen LogP contribution is -2.20. The molecule has 2 heterocycles. The Balaban J connectivity index is 2.31. The van der Waals surface area contributed by atoms with Gasteiger partial charge < -0.3 is 9.73 Å². The summed E-state index contributed by atoms with van der Waals surface area (Å²) < 4.78 is 7.46. The zero-order chi connectivity index (χ0) is 14.2. The van der Waals surface area contributed by atoms with E-state index in [0.29, 0.717) is 0 Å². The van der Waals surface area contributed by atoms with Gasteiger partial charge in [0.15, 0.2) is 0 Å². The molecular weight excluding hydrogens is 262 g/mol. The molecule has 0 aliphatic heterocycles. The van der Waals surface area contributed by atoms with Crippen molar-refractivity contribution < 1.29 is 4.42 Å². The Kier molecular flexibility index (Phi) is 4.02. The van der Waals surface area contributed by atoms with Crippen LogP contribution in [0.2, 0.25) is 5.02 Å². The molecule has 0 amide bonds. The summed E-state index contributed by atoms with van der Waals surface area (Å²) in [6.07, 6.45) is 0.784. The Labute approximate surface area is 118 Å². The van der Waals surface area contributed by atoms with Crippen molar-refractivity contribution >= 4 is 11.6 Å². The molecule has 2 aromatic rings. The Morgan fingerprint density at radius 2 is 2.11 bits per heavy atom. The molecule has 0 spiro atoms. The van der Waals surface area contributed by atoms with Gasteiger partial charge in [0.05, 0.1) is 16.4 Å². The van der Waals surface area contributed by atoms with Crippen molar-refractivity contribution in [2.24, 2.45) is 7.05 Å². The second-order valence-electron chi connectivity index (χ2n) is 4.88. The molecule has 0 aliphatic carbocycles. The van der Waals surface area contributed by atoms with E-state index in [0.717, 1.165) is 34.4 Å². The van der Waals surface area contributed by atoms with Crippen molar-refractivity contribution in [1.29, 1.82) is 0 Å². The van der Waals surface area contributed by atoms with Crippen molar-refractivity contribution in [3.8, 4) is 0 Å². The Bertz CT molecular complexity index is 586. The van der Waals surface area contributed by atoms with Gasteiger partial charge >= 0.3 is 0 Å². The standard InChI is InChI=1S/C14H20ClN3O/c1-8-6-11(10(3)19-8)12(16-4)7-13-14(15)9(2)17-18(13)5/h6,12,16H,7H2,1-5H3. The number of hydrogen-bond acceptors (Lipinski definition) is 3. The number of aryl methyl sites for hydroxylation is 4. The first-order valence-electron chi connectivity index (χ1n) is 6.36. The van der Waals surface area contributed by atoms with E-state index < -0.39 is 0 Å². The van der Waals surface area contributed by atoms with Gasteiger partial charge in [0.2, 0.25) is 0 Å². The van der Waals surface area contributed by atoms with Gasteiger partial charge in [-0.25, -0.2) is 0 Å². The van der Waals surface area contributed by atoms with Crippen LogP contribution in [-0.2, 0) is 13.5 Å². The summed E-state index contributed by atoms with van der Waals surface area (Å²) in [6.45, 7) is 5.88. The maximum atomic E-state index is 6.31. The summed E-state index contributed by atoms with van der Waals surface area (Å²) in [5.41, 5.74) is 3.08. The van der Waals surface area contributed by atoms with E-state index in [-0.39, 0.29) is 6.04 Å². The van der Waals surface area contributed by atoms with Gasteiger partial charge in [-0.3, -0.25) is 4.68 Å². The van der Waals surface area contributed by atoms with Crippen molar-refractivity contribution in [2.45, 2.75) is 33.2 Å². The van der Waals surface area contributed by atoms with Crippen LogP contribution in [-0.4, -0.2) is 16.8 Å². The van der Waals surface area contributed by atoms with Crippen molar-refractivity contribution in [2.75, 3.05) is 7.05 Å². The second-order valence-corrected chi connectivity index (χ2v) is 5.26. The Morgan fingerprint density at radius 1 is 1.42 bits per heavy atom. The van der Waals surface area contributed by atoms with Gasteiger partial charge in [-0.15, -0.1) is 0 Å². The highest BCUT2D eigenvalue weighted by molar-refractivity contribution is 6.31. The fourth-order valence-electron chi connectivity index (χ4n) is 2.46. The molecule has 0 radical (unpaired) electrons. The minimum Gasteiger partial charge on any atom is -0.466 e. The van der Waals surface area contributed by atoms with Crippen LogP contribution in [0.4, 0.5) is 0 Å². The number of likely N-dealkylation sites (N-methyl/N-ethyl adjacent to an activating group) is 1. The minimum atomic E-state index is 0.171. The lowest BCUT2D eigenvalue weighted by molar-refractivity contribution is 0.487. The second kappa shape index (κ2) is 5.39. The van der Waals surface area contributed by atoms with Crippen LogP contribution >= 0.6 is 11.6 Å². The van der Waals surface area contributed by atoms with E-state index in [1.165, 1.54) is 5.56 Å². The quantitative estimate of drug-likeness (QED) is 0.936. The van der Waals surface area contributed by atoms with Crippen LogP contribution in [0.1, 0.15) is 34.5 Å². The molecule has 4 nitrogen and oxygen atoms in total. The Hall–Kier alpha value is -1.26. The van der Waals surface area contributed by atoms with Gasteiger partial charge in [0, 0.05) is 25.1 Å². The fraction of sp³-hybridized carbons (Fsp3) is 0.500. The number of rotatable bonds is 4. The van der Waals surface area contributed by atoms with E-state index >= 15 is 0 Å². The third kappa shape index (κ3) is 2.69. The predicted octanol–water partition coefficient (Wildman–Crippen LogP) is 3.09. The molecule has 0 aliphatic rings. The van der Waals surface area contributed by atoms with E-state index in [4.69, 9.17) is 16.0 Å². The normalized spacial score (nSPS) is 12.9. The molecule has 104 valence electrons. The zero-order valence-electron chi connectivity index (χ0n) is 12.0. The van der Waals surface area contributed by atoms with Gasteiger partial charge in [-0.1, -0.05) is 11.6 Å². The highest BCUT2D eigenvalue weighted by Crippen LogP contribution is 2.28. The molecule has 19 heavy (non-hydrogen) atoms. The average molecular weight is 282 g/mol. The molecule has 0 aromatic carbocycles. The summed E-state index contributed by atoms with van der Waals surface area (Å²) in [4.78, 5) is 0. The number of nitrogens with one attached hydrogen (secondary N) is 1. The zero-order valence-corrected chi connectivity index (χ0v) is 12.8. The molecule has 1 N–H and O–H groups in total. The van der Waals surface area contributed by atoms with Crippen LogP contribution in [0.5, 0.6) is 0 Å². The van der Waals surface area contributed by atoms with Gasteiger partial charge in [0.1, 0.15) is 11.5 Å².